The third-order valence-corrected chi connectivity index (χ3v) is 5.98. The van der Waals surface area contributed by atoms with E-state index in [9.17, 15) is 4.79 Å². The predicted octanol–water partition coefficient (Wildman–Crippen LogP) is 2.77. The summed E-state index contributed by atoms with van der Waals surface area (Å²) in [5.41, 5.74) is 0.502. The summed E-state index contributed by atoms with van der Waals surface area (Å²) in [6, 6.07) is 0. The van der Waals surface area contributed by atoms with Gasteiger partial charge in [-0.25, -0.2) is 9.48 Å². The molecule has 160 valence electrons. The quantitative estimate of drug-likeness (QED) is 0.247. The van der Waals surface area contributed by atoms with Crippen LogP contribution in [-0.2, 0) is 19.5 Å². The highest BCUT2D eigenvalue weighted by atomic mass is 127. The number of aromatic nitrogens is 3. The number of hydrogen-bond acceptors (Lipinski definition) is 3. The summed E-state index contributed by atoms with van der Waals surface area (Å²) in [7, 11) is 1.82. The van der Waals surface area contributed by atoms with Gasteiger partial charge in [-0.15, -0.1) is 24.0 Å². The largest absolute Gasteiger partial charge is 0.356 e. The number of nitrogens with one attached hydrogen (secondary N) is 2. The molecule has 8 heteroatoms. The lowest BCUT2D eigenvalue weighted by Crippen LogP contribution is -2.47. The van der Waals surface area contributed by atoms with Crippen LogP contribution in [0.4, 0.5) is 0 Å². The van der Waals surface area contributed by atoms with E-state index >= 15 is 0 Å². The van der Waals surface area contributed by atoms with Gasteiger partial charge >= 0.3 is 5.69 Å². The molecule has 0 saturated heterocycles. The van der Waals surface area contributed by atoms with Crippen LogP contribution in [0.1, 0.15) is 64.6 Å². The minimum atomic E-state index is 0. The Morgan fingerprint density at radius 1 is 1.25 bits per heavy atom. The molecule has 1 saturated carbocycles. The van der Waals surface area contributed by atoms with E-state index in [4.69, 9.17) is 0 Å². The molecule has 2 aliphatic rings. The molecule has 1 aromatic rings. The van der Waals surface area contributed by atoms with Crippen LogP contribution in [0.25, 0.3) is 0 Å². The number of rotatable bonds is 8. The van der Waals surface area contributed by atoms with Crippen molar-refractivity contribution in [3.8, 4) is 0 Å². The summed E-state index contributed by atoms with van der Waals surface area (Å²) in [5.74, 6) is 2.55. The molecule has 1 aliphatic carbocycles. The van der Waals surface area contributed by atoms with Crippen molar-refractivity contribution in [1.82, 2.24) is 25.0 Å². The highest BCUT2D eigenvalue weighted by molar-refractivity contribution is 14.0. The van der Waals surface area contributed by atoms with Crippen molar-refractivity contribution < 1.29 is 0 Å². The maximum absolute atomic E-state index is 12.3. The molecule has 0 radical (unpaired) electrons. The molecule has 1 fully saturated rings. The van der Waals surface area contributed by atoms with Crippen LogP contribution in [0.5, 0.6) is 0 Å². The third kappa shape index (κ3) is 5.73. The Labute approximate surface area is 185 Å². The van der Waals surface area contributed by atoms with Crippen molar-refractivity contribution in [1.29, 1.82) is 0 Å². The molecule has 0 spiro atoms. The molecule has 0 bridgehead atoms. The Kier molecular flexibility index (Phi) is 8.82. The summed E-state index contributed by atoms with van der Waals surface area (Å²) >= 11 is 0. The average molecular weight is 504 g/mol. The lowest BCUT2D eigenvalue weighted by Gasteiger charge is -2.43. The lowest BCUT2D eigenvalue weighted by molar-refractivity contribution is 0.104. The molecule has 1 aliphatic heterocycles. The van der Waals surface area contributed by atoms with E-state index in [0.29, 0.717) is 12.0 Å². The summed E-state index contributed by atoms with van der Waals surface area (Å²) < 4.78 is 3.47. The monoisotopic (exact) mass is 504 g/mol. The minimum Gasteiger partial charge on any atom is -0.356 e. The van der Waals surface area contributed by atoms with E-state index in [1.807, 2.05) is 11.6 Å². The van der Waals surface area contributed by atoms with Gasteiger partial charge in [0.25, 0.3) is 0 Å². The van der Waals surface area contributed by atoms with E-state index in [0.717, 1.165) is 63.0 Å². The first-order valence-corrected chi connectivity index (χ1v) is 10.6. The molecular weight excluding hydrogens is 467 g/mol. The van der Waals surface area contributed by atoms with Crippen LogP contribution in [0.3, 0.4) is 0 Å². The predicted molar refractivity (Wildman–Crippen MR) is 125 cm³/mol. The second kappa shape index (κ2) is 10.6. The molecule has 2 N–H and O–H groups in total. The SMILES string of the molecule is CN=C(NCCCn1nc2n(c1=O)CCCC2)NCC1(CC(C)C)CCC1.I. The van der Waals surface area contributed by atoms with E-state index < -0.39 is 0 Å². The van der Waals surface area contributed by atoms with Crippen molar-refractivity contribution >= 4 is 29.9 Å². The Bertz CT molecular complexity index is 704. The highest BCUT2D eigenvalue weighted by Gasteiger charge is 2.37. The zero-order valence-electron chi connectivity index (χ0n) is 17.7. The molecule has 1 aromatic heterocycles. The molecule has 7 nitrogen and oxygen atoms in total. The zero-order valence-corrected chi connectivity index (χ0v) is 20.0. The fraction of sp³-hybridized carbons (Fsp3) is 0.850. The van der Waals surface area contributed by atoms with Crippen LogP contribution < -0.4 is 16.3 Å². The molecular formula is C20H37IN6O. The van der Waals surface area contributed by atoms with Crippen LogP contribution in [-0.4, -0.2) is 40.4 Å². The zero-order chi connectivity index (χ0) is 19.3. The Morgan fingerprint density at radius 3 is 2.64 bits per heavy atom. The molecule has 28 heavy (non-hydrogen) atoms. The van der Waals surface area contributed by atoms with Crippen molar-refractivity contribution in [2.24, 2.45) is 16.3 Å². The number of aryl methyl sites for hydroxylation is 2. The van der Waals surface area contributed by atoms with Crippen LogP contribution in [0.2, 0.25) is 0 Å². The summed E-state index contributed by atoms with van der Waals surface area (Å²) in [6.07, 6.45) is 9.28. The first-order valence-electron chi connectivity index (χ1n) is 10.6. The van der Waals surface area contributed by atoms with Gasteiger partial charge in [0.05, 0.1) is 0 Å². The highest BCUT2D eigenvalue weighted by Crippen LogP contribution is 2.45. The fourth-order valence-electron chi connectivity index (χ4n) is 4.52. The summed E-state index contributed by atoms with van der Waals surface area (Å²) in [6.45, 7) is 7.87. The van der Waals surface area contributed by atoms with E-state index in [-0.39, 0.29) is 29.7 Å². The van der Waals surface area contributed by atoms with Gasteiger partial charge in [-0.05, 0) is 49.9 Å². The number of guanidine groups is 1. The van der Waals surface area contributed by atoms with Gasteiger partial charge < -0.3 is 10.6 Å². The maximum Gasteiger partial charge on any atom is 0.345 e. The van der Waals surface area contributed by atoms with Crippen molar-refractivity contribution in [2.45, 2.75) is 78.3 Å². The number of hydrogen-bond donors (Lipinski definition) is 2. The van der Waals surface area contributed by atoms with Gasteiger partial charge in [-0.3, -0.25) is 9.56 Å². The number of halogens is 1. The normalized spacial score (nSPS) is 18.2. The van der Waals surface area contributed by atoms with Gasteiger partial charge in [-0.1, -0.05) is 20.3 Å². The van der Waals surface area contributed by atoms with Gasteiger partial charge in [0.1, 0.15) is 5.82 Å². The van der Waals surface area contributed by atoms with Gasteiger partial charge in [0, 0.05) is 39.6 Å². The molecule has 0 aromatic carbocycles. The van der Waals surface area contributed by atoms with Crippen LogP contribution in [0.15, 0.2) is 9.79 Å². The first kappa shape index (κ1) is 23.2. The molecule has 0 unspecified atom stereocenters. The van der Waals surface area contributed by atoms with Crippen molar-refractivity contribution in [3.05, 3.63) is 16.3 Å². The topological polar surface area (TPSA) is 76.2 Å². The van der Waals surface area contributed by atoms with E-state index in [2.05, 4.69) is 34.6 Å². The molecule has 0 atom stereocenters. The van der Waals surface area contributed by atoms with Crippen molar-refractivity contribution in [2.75, 3.05) is 20.1 Å². The van der Waals surface area contributed by atoms with Crippen molar-refractivity contribution in [3.63, 3.8) is 0 Å². The summed E-state index contributed by atoms with van der Waals surface area (Å²) in [4.78, 5) is 16.7. The van der Waals surface area contributed by atoms with Gasteiger partial charge in [-0.2, -0.15) is 5.10 Å². The molecule has 3 rings (SSSR count). The molecule has 2 heterocycles. The number of aliphatic imine (C=N–C) groups is 1. The average Bonchev–Trinajstić information content (AvgIpc) is 2.94. The standard InChI is InChI=1S/C20H36N6O.HI/c1-16(2)14-20(9-6-10-20)15-23-18(21-3)22-11-7-13-26-19(27)25-12-5-4-8-17(25)24-26;/h16H,4-15H2,1-3H3,(H2,21,22,23);1H. The second-order valence-corrected chi connectivity index (χ2v) is 8.69. The fourth-order valence-corrected chi connectivity index (χ4v) is 4.52. The van der Waals surface area contributed by atoms with E-state index in [1.165, 1.54) is 25.7 Å². The van der Waals surface area contributed by atoms with Gasteiger partial charge in [0.2, 0.25) is 0 Å². The van der Waals surface area contributed by atoms with E-state index in [1.54, 1.807) is 4.68 Å². The Hall–Kier alpha value is -1.06. The minimum absolute atomic E-state index is 0. The summed E-state index contributed by atoms with van der Waals surface area (Å²) in [5, 5.41) is 11.4. The smallest absolute Gasteiger partial charge is 0.345 e. The lowest BCUT2D eigenvalue weighted by atomic mass is 9.64. The third-order valence-electron chi connectivity index (χ3n) is 5.98. The second-order valence-electron chi connectivity index (χ2n) is 8.69. The first-order chi connectivity index (χ1) is 13.0. The molecule has 0 amide bonds. The Balaban J connectivity index is 0.00000280. The van der Waals surface area contributed by atoms with Gasteiger partial charge in [0.15, 0.2) is 5.96 Å². The number of fused-ring (bicyclic) bond motifs is 1. The van der Waals surface area contributed by atoms with Crippen LogP contribution >= 0.6 is 24.0 Å². The van der Waals surface area contributed by atoms with Crippen LogP contribution in [0, 0.1) is 11.3 Å². The maximum atomic E-state index is 12.3. The number of nitrogens with zero attached hydrogens (tertiary/aromatic N) is 4. The Morgan fingerprint density at radius 2 is 2.04 bits per heavy atom.